The lowest BCUT2D eigenvalue weighted by molar-refractivity contribution is -0.301. The molecule has 4 nitrogen and oxygen atoms in total. The van der Waals surface area contributed by atoms with Gasteiger partial charge in [0.25, 0.3) is 0 Å². The largest absolute Gasteiger partial charge is 0.868 e. The molecule has 0 amide bonds. The monoisotopic (exact) mass is 192 g/mol. The van der Waals surface area contributed by atoms with Gasteiger partial charge in [0, 0.05) is 12.4 Å². The van der Waals surface area contributed by atoms with E-state index in [0.29, 0.717) is 5.56 Å². The standard InChI is InChI=1S/C10H11NO3/c1-2-14-10(13)9(12)7-8-3-5-11-6-4-8/h3-7,12H,2H2,1H3/p-1. The Hall–Kier alpha value is -1.84. The lowest BCUT2D eigenvalue weighted by Gasteiger charge is -2.09. The van der Waals surface area contributed by atoms with Crippen molar-refractivity contribution in [1.29, 1.82) is 0 Å². The van der Waals surface area contributed by atoms with Crippen LogP contribution in [0.15, 0.2) is 30.3 Å². The molecule has 0 bridgehead atoms. The Morgan fingerprint density at radius 1 is 1.57 bits per heavy atom. The third-order valence-electron chi connectivity index (χ3n) is 1.48. The van der Waals surface area contributed by atoms with Crippen LogP contribution < -0.4 is 5.11 Å². The lowest BCUT2D eigenvalue weighted by atomic mass is 10.2. The number of nitrogens with zero attached hydrogens (tertiary/aromatic N) is 1. The fourth-order valence-corrected chi connectivity index (χ4v) is 0.872. The molecule has 0 saturated heterocycles. The molecule has 4 heteroatoms. The van der Waals surface area contributed by atoms with E-state index in [1.54, 1.807) is 31.5 Å². The molecule has 0 atom stereocenters. The first-order chi connectivity index (χ1) is 6.74. The van der Waals surface area contributed by atoms with E-state index in [1.165, 1.54) is 6.08 Å². The Morgan fingerprint density at radius 3 is 2.79 bits per heavy atom. The first kappa shape index (κ1) is 10.2. The summed E-state index contributed by atoms with van der Waals surface area (Å²) in [7, 11) is 0. The number of hydrogen-bond donors (Lipinski definition) is 0. The highest BCUT2D eigenvalue weighted by atomic mass is 16.5. The molecule has 1 heterocycles. The fourth-order valence-electron chi connectivity index (χ4n) is 0.872. The second-order valence-electron chi connectivity index (χ2n) is 2.51. The predicted octanol–water partition coefficient (Wildman–Crippen LogP) is 0.346. The van der Waals surface area contributed by atoms with Crippen molar-refractivity contribution in [2.45, 2.75) is 6.92 Å². The Bertz CT molecular complexity index is 332. The van der Waals surface area contributed by atoms with Gasteiger partial charge in [0.05, 0.1) is 6.61 Å². The second kappa shape index (κ2) is 5.01. The first-order valence-corrected chi connectivity index (χ1v) is 4.20. The molecule has 0 aliphatic rings. The molecule has 0 fully saturated rings. The van der Waals surface area contributed by atoms with Crippen LogP contribution in [0.1, 0.15) is 12.5 Å². The minimum absolute atomic E-state index is 0.203. The first-order valence-electron chi connectivity index (χ1n) is 4.20. The van der Waals surface area contributed by atoms with E-state index in [1.807, 2.05) is 0 Å². The fraction of sp³-hybridized carbons (Fsp3) is 0.200. The van der Waals surface area contributed by atoms with Gasteiger partial charge in [0.15, 0.2) is 0 Å². The molecule has 0 unspecified atom stereocenters. The van der Waals surface area contributed by atoms with Crippen LogP contribution in [0, 0.1) is 0 Å². The number of hydrogen-bond acceptors (Lipinski definition) is 4. The van der Waals surface area contributed by atoms with Crippen molar-refractivity contribution in [3.8, 4) is 0 Å². The molecule has 0 aromatic carbocycles. The molecule has 14 heavy (non-hydrogen) atoms. The summed E-state index contributed by atoms with van der Waals surface area (Å²) in [5.41, 5.74) is 0.637. The second-order valence-corrected chi connectivity index (χ2v) is 2.51. The Morgan fingerprint density at radius 2 is 2.21 bits per heavy atom. The molecule has 0 N–H and O–H groups in total. The molecular formula is C10H10NO3-. The number of ether oxygens (including phenoxy) is 1. The average molecular weight is 192 g/mol. The molecule has 1 rings (SSSR count). The van der Waals surface area contributed by atoms with Gasteiger partial charge in [-0.2, -0.15) is 0 Å². The molecule has 0 aliphatic carbocycles. The number of esters is 1. The van der Waals surface area contributed by atoms with E-state index >= 15 is 0 Å². The summed E-state index contributed by atoms with van der Waals surface area (Å²) < 4.78 is 4.54. The normalized spacial score (nSPS) is 11.1. The average Bonchev–Trinajstić information content (AvgIpc) is 2.19. The SMILES string of the molecule is CCOC(=O)C([O-])=Cc1ccncc1. The van der Waals surface area contributed by atoms with Gasteiger partial charge in [-0.15, -0.1) is 0 Å². The summed E-state index contributed by atoms with van der Waals surface area (Å²) in [4.78, 5) is 14.7. The Labute approximate surface area is 81.9 Å². The van der Waals surface area contributed by atoms with Gasteiger partial charge in [-0.1, -0.05) is 6.08 Å². The van der Waals surface area contributed by atoms with Gasteiger partial charge in [0.2, 0.25) is 0 Å². The van der Waals surface area contributed by atoms with E-state index in [4.69, 9.17) is 0 Å². The maximum absolute atomic E-state index is 11.2. The zero-order valence-corrected chi connectivity index (χ0v) is 7.77. The third kappa shape index (κ3) is 2.90. The van der Waals surface area contributed by atoms with Crippen LogP contribution in [0.2, 0.25) is 0 Å². The van der Waals surface area contributed by atoms with Gasteiger partial charge >= 0.3 is 5.97 Å². The van der Waals surface area contributed by atoms with Crippen molar-refractivity contribution in [2.24, 2.45) is 0 Å². The smallest absolute Gasteiger partial charge is 0.322 e. The molecule has 74 valence electrons. The van der Waals surface area contributed by atoms with Crippen LogP contribution in [0.3, 0.4) is 0 Å². The highest BCUT2D eigenvalue weighted by Crippen LogP contribution is 2.02. The molecule has 1 aromatic heterocycles. The summed E-state index contributed by atoms with van der Waals surface area (Å²) in [6.07, 6.45) is 4.31. The van der Waals surface area contributed by atoms with Crippen LogP contribution in [-0.4, -0.2) is 17.6 Å². The van der Waals surface area contributed by atoms with Crippen molar-refractivity contribution in [2.75, 3.05) is 6.61 Å². The third-order valence-corrected chi connectivity index (χ3v) is 1.48. The molecule has 0 saturated carbocycles. The molecule has 0 radical (unpaired) electrons. The lowest BCUT2D eigenvalue weighted by Crippen LogP contribution is -2.17. The quantitative estimate of drug-likeness (QED) is 0.393. The number of carbonyl (C=O) groups excluding carboxylic acids is 1. The van der Waals surface area contributed by atoms with Crippen LogP contribution in [-0.2, 0) is 9.53 Å². The predicted molar refractivity (Wildman–Crippen MR) is 48.8 cm³/mol. The summed E-state index contributed by atoms with van der Waals surface area (Å²) in [5.74, 6) is -1.48. The van der Waals surface area contributed by atoms with E-state index < -0.39 is 11.7 Å². The van der Waals surface area contributed by atoms with Crippen molar-refractivity contribution in [3.05, 3.63) is 35.8 Å². The zero-order chi connectivity index (χ0) is 10.4. The van der Waals surface area contributed by atoms with Crippen molar-refractivity contribution >= 4 is 12.0 Å². The van der Waals surface area contributed by atoms with Gasteiger partial charge in [-0.05, 0) is 30.4 Å². The Kier molecular flexibility index (Phi) is 3.67. The summed E-state index contributed by atoms with van der Waals surface area (Å²) >= 11 is 0. The summed E-state index contributed by atoms with van der Waals surface area (Å²) in [5, 5.41) is 11.2. The number of aromatic nitrogens is 1. The van der Waals surface area contributed by atoms with Crippen molar-refractivity contribution in [1.82, 2.24) is 4.98 Å². The maximum atomic E-state index is 11.2. The number of rotatable bonds is 3. The van der Waals surface area contributed by atoms with Gasteiger partial charge < -0.3 is 9.84 Å². The summed E-state index contributed by atoms with van der Waals surface area (Å²) in [6.45, 7) is 1.85. The minimum atomic E-state index is -0.829. The molecule has 0 spiro atoms. The molecule has 1 aromatic rings. The van der Waals surface area contributed by atoms with E-state index in [2.05, 4.69) is 9.72 Å². The number of carbonyl (C=O) groups is 1. The van der Waals surface area contributed by atoms with Crippen molar-refractivity contribution in [3.63, 3.8) is 0 Å². The van der Waals surface area contributed by atoms with E-state index in [0.717, 1.165) is 0 Å². The maximum Gasteiger partial charge on any atom is 0.322 e. The Balaban J connectivity index is 2.74. The minimum Gasteiger partial charge on any atom is -0.868 e. The number of pyridine rings is 1. The van der Waals surface area contributed by atoms with Gasteiger partial charge in [-0.3, -0.25) is 4.98 Å². The van der Waals surface area contributed by atoms with Crippen LogP contribution in [0.5, 0.6) is 0 Å². The highest BCUT2D eigenvalue weighted by Gasteiger charge is 1.98. The van der Waals surface area contributed by atoms with Crippen LogP contribution in [0.25, 0.3) is 6.08 Å². The van der Waals surface area contributed by atoms with E-state index in [-0.39, 0.29) is 6.61 Å². The van der Waals surface area contributed by atoms with Crippen LogP contribution >= 0.6 is 0 Å². The van der Waals surface area contributed by atoms with Crippen molar-refractivity contribution < 1.29 is 14.6 Å². The summed E-state index contributed by atoms with van der Waals surface area (Å²) in [6, 6.07) is 3.27. The molecule has 0 aliphatic heterocycles. The van der Waals surface area contributed by atoms with Gasteiger partial charge in [0.1, 0.15) is 0 Å². The van der Waals surface area contributed by atoms with Gasteiger partial charge in [-0.25, -0.2) is 4.79 Å². The topological polar surface area (TPSA) is 62.2 Å². The van der Waals surface area contributed by atoms with Crippen LogP contribution in [0.4, 0.5) is 0 Å². The molecular weight excluding hydrogens is 182 g/mol. The zero-order valence-electron chi connectivity index (χ0n) is 7.77. The highest BCUT2D eigenvalue weighted by molar-refractivity contribution is 5.90. The van der Waals surface area contributed by atoms with E-state index in [9.17, 15) is 9.90 Å².